The van der Waals surface area contributed by atoms with Crippen LogP contribution >= 0.6 is 11.6 Å². The van der Waals surface area contributed by atoms with Crippen molar-refractivity contribution >= 4 is 28.5 Å². The Kier molecular flexibility index (Phi) is 5.72. The molecule has 3 aromatic carbocycles. The number of hydrogen-bond acceptors (Lipinski definition) is 6. The standard InChI is InChI=1S/C28H21ClN2O4/c1-3-16-7-10-23-21(11-16)15(2)26(34-23)28(32)33-19-8-9-20-24(13-19)35-27(31)22(14-30)25(20)17-5-4-6-18(29)12-17/h4-13,25H,3,31H2,1-2H3. The molecule has 35 heavy (non-hydrogen) atoms. The minimum absolute atomic E-state index is 0.00620. The van der Waals surface area contributed by atoms with E-state index in [1.165, 1.54) is 0 Å². The summed E-state index contributed by atoms with van der Waals surface area (Å²) in [6, 6.07) is 20.2. The summed E-state index contributed by atoms with van der Waals surface area (Å²) >= 11 is 6.19. The van der Waals surface area contributed by atoms with Gasteiger partial charge in [-0.2, -0.15) is 5.26 Å². The predicted octanol–water partition coefficient (Wildman–Crippen LogP) is 6.39. The molecule has 1 aromatic heterocycles. The topological polar surface area (TPSA) is 98.5 Å². The number of furan rings is 1. The number of carbonyl (C=O) groups excluding carboxylic acids is 1. The Bertz CT molecular complexity index is 1560. The summed E-state index contributed by atoms with van der Waals surface area (Å²) in [5.74, 6) is -0.271. The number of hydrogen-bond donors (Lipinski definition) is 1. The molecule has 7 heteroatoms. The van der Waals surface area contributed by atoms with Gasteiger partial charge in [0.05, 0.1) is 5.92 Å². The van der Waals surface area contributed by atoms with Gasteiger partial charge in [0.15, 0.2) is 0 Å². The monoisotopic (exact) mass is 484 g/mol. The molecule has 1 aliphatic rings. The molecule has 5 rings (SSSR count). The van der Waals surface area contributed by atoms with E-state index in [9.17, 15) is 10.1 Å². The van der Waals surface area contributed by atoms with Crippen molar-refractivity contribution in [2.45, 2.75) is 26.2 Å². The van der Waals surface area contributed by atoms with Gasteiger partial charge < -0.3 is 19.6 Å². The molecule has 0 bridgehead atoms. The lowest BCUT2D eigenvalue weighted by atomic mass is 9.83. The van der Waals surface area contributed by atoms with Crippen molar-refractivity contribution in [3.63, 3.8) is 0 Å². The van der Waals surface area contributed by atoms with Gasteiger partial charge in [0.2, 0.25) is 11.6 Å². The van der Waals surface area contributed by atoms with E-state index >= 15 is 0 Å². The molecule has 0 amide bonds. The van der Waals surface area contributed by atoms with E-state index in [4.69, 9.17) is 31.2 Å². The van der Waals surface area contributed by atoms with Gasteiger partial charge in [0, 0.05) is 27.6 Å². The lowest BCUT2D eigenvalue weighted by molar-refractivity contribution is 0.0702. The molecule has 6 nitrogen and oxygen atoms in total. The SMILES string of the molecule is CCc1ccc2oc(C(=O)Oc3ccc4c(c3)OC(N)=C(C#N)C4c3cccc(Cl)c3)c(C)c2c1. The van der Waals surface area contributed by atoms with Crippen LogP contribution in [-0.2, 0) is 6.42 Å². The molecule has 0 fully saturated rings. The third kappa shape index (κ3) is 4.01. The number of esters is 1. The van der Waals surface area contributed by atoms with Crippen LogP contribution in [0.15, 0.2) is 76.5 Å². The molecule has 0 radical (unpaired) electrons. The number of carbonyl (C=O) groups is 1. The summed E-state index contributed by atoms with van der Waals surface area (Å²) in [7, 11) is 0. The van der Waals surface area contributed by atoms with Gasteiger partial charge in [-0.05, 0) is 54.8 Å². The Morgan fingerprint density at radius 2 is 2.00 bits per heavy atom. The first-order valence-corrected chi connectivity index (χ1v) is 11.5. The average Bonchev–Trinajstić information content (AvgIpc) is 3.18. The molecule has 2 heterocycles. The first-order chi connectivity index (χ1) is 16.9. The van der Waals surface area contributed by atoms with Gasteiger partial charge >= 0.3 is 5.97 Å². The fourth-order valence-corrected chi connectivity index (χ4v) is 4.56. The number of fused-ring (bicyclic) bond motifs is 2. The Labute approximate surface area is 207 Å². The van der Waals surface area contributed by atoms with E-state index in [1.54, 1.807) is 30.3 Å². The Balaban J connectivity index is 1.48. The van der Waals surface area contributed by atoms with Crippen LogP contribution in [0.2, 0.25) is 5.02 Å². The predicted molar refractivity (Wildman–Crippen MR) is 132 cm³/mol. The maximum atomic E-state index is 13.0. The zero-order chi connectivity index (χ0) is 24.7. The summed E-state index contributed by atoms with van der Waals surface area (Å²) in [6.45, 7) is 3.91. The smallest absolute Gasteiger partial charge is 0.379 e. The third-order valence-corrected chi connectivity index (χ3v) is 6.41. The van der Waals surface area contributed by atoms with E-state index in [-0.39, 0.29) is 23.0 Å². The first-order valence-electron chi connectivity index (χ1n) is 11.1. The van der Waals surface area contributed by atoms with Crippen LogP contribution in [0.1, 0.15) is 45.7 Å². The number of halogens is 1. The van der Waals surface area contributed by atoms with E-state index in [1.807, 2.05) is 37.3 Å². The minimum Gasteiger partial charge on any atom is -0.449 e. The first kappa shape index (κ1) is 22.6. The molecule has 2 N–H and O–H groups in total. The van der Waals surface area contributed by atoms with Crippen LogP contribution in [0.3, 0.4) is 0 Å². The van der Waals surface area contributed by atoms with Crippen molar-refractivity contribution in [3.8, 4) is 17.6 Å². The second kappa shape index (κ2) is 8.86. The third-order valence-electron chi connectivity index (χ3n) is 6.18. The second-order valence-electron chi connectivity index (χ2n) is 8.31. The Hall–Kier alpha value is -4.21. The normalized spacial score (nSPS) is 14.9. The number of nitrogens with zero attached hydrogens (tertiary/aromatic N) is 1. The number of nitriles is 1. The molecule has 0 spiro atoms. The van der Waals surface area contributed by atoms with Gasteiger partial charge in [-0.15, -0.1) is 0 Å². The number of ether oxygens (including phenoxy) is 2. The van der Waals surface area contributed by atoms with Crippen molar-refractivity contribution < 1.29 is 18.7 Å². The molecule has 0 saturated carbocycles. The van der Waals surface area contributed by atoms with E-state index < -0.39 is 11.9 Å². The van der Waals surface area contributed by atoms with Gasteiger partial charge in [0.1, 0.15) is 28.7 Å². The summed E-state index contributed by atoms with van der Waals surface area (Å²) in [6.07, 6.45) is 0.886. The molecule has 0 saturated heterocycles. The van der Waals surface area contributed by atoms with E-state index in [0.29, 0.717) is 21.9 Å². The number of aryl methyl sites for hydroxylation is 2. The van der Waals surface area contributed by atoms with E-state index in [0.717, 1.165) is 28.5 Å². The number of benzene rings is 3. The summed E-state index contributed by atoms with van der Waals surface area (Å²) in [5, 5.41) is 11.2. The van der Waals surface area contributed by atoms with E-state index in [2.05, 4.69) is 13.0 Å². The second-order valence-corrected chi connectivity index (χ2v) is 8.75. The van der Waals surface area contributed by atoms with Gasteiger partial charge in [0.25, 0.3) is 0 Å². The van der Waals surface area contributed by atoms with Crippen LogP contribution in [0.4, 0.5) is 0 Å². The maximum absolute atomic E-state index is 13.0. The van der Waals surface area contributed by atoms with Crippen LogP contribution in [0, 0.1) is 18.3 Å². The minimum atomic E-state index is -0.611. The molecule has 4 aromatic rings. The van der Waals surface area contributed by atoms with Crippen LogP contribution in [-0.4, -0.2) is 5.97 Å². The van der Waals surface area contributed by atoms with Gasteiger partial charge in [-0.3, -0.25) is 0 Å². The van der Waals surface area contributed by atoms with Crippen molar-refractivity contribution in [2.24, 2.45) is 5.73 Å². The van der Waals surface area contributed by atoms with Crippen molar-refractivity contribution in [2.75, 3.05) is 0 Å². The summed E-state index contributed by atoms with van der Waals surface area (Å²) < 4.78 is 17.2. The van der Waals surface area contributed by atoms with Crippen molar-refractivity contribution in [3.05, 3.63) is 105 Å². The highest BCUT2D eigenvalue weighted by Gasteiger charge is 2.31. The number of nitrogens with two attached hydrogens (primary N) is 1. The van der Waals surface area contributed by atoms with Crippen LogP contribution in [0.25, 0.3) is 11.0 Å². The van der Waals surface area contributed by atoms with Crippen LogP contribution < -0.4 is 15.2 Å². The Morgan fingerprint density at radius 3 is 2.74 bits per heavy atom. The molecule has 0 aliphatic carbocycles. The number of allylic oxidation sites excluding steroid dienone is 1. The van der Waals surface area contributed by atoms with Crippen LogP contribution in [0.5, 0.6) is 11.5 Å². The molecular formula is C28H21ClN2O4. The summed E-state index contributed by atoms with van der Waals surface area (Å²) in [4.78, 5) is 13.0. The quantitative estimate of drug-likeness (QED) is 0.266. The highest BCUT2D eigenvalue weighted by atomic mass is 35.5. The number of rotatable bonds is 4. The maximum Gasteiger partial charge on any atom is 0.379 e. The molecular weight excluding hydrogens is 464 g/mol. The average molecular weight is 485 g/mol. The zero-order valence-corrected chi connectivity index (χ0v) is 19.8. The molecule has 1 aliphatic heterocycles. The zero-order valence-electron chi connectivity index (χ0n) is 19.1. The Morgan fingerprint density at radius 1 is 1.17 bits per heavy atom. The van der Waals surface area contributed by atoms with Gasteiger partial charge in [-0.1, -0.05) is 42.8 Å². The molecule has 174 valence electrons. The van der Waals surface area contributed by atoms with Crippen molar-refractivity contribution in [1.82, 2.24) is 0 Å². The van der Waals surface area contributed by atoms with Crippen molar-refractivity contribution in [1.29, 1.82) is 5.26 Å². The molecule has 1 unspecified atom stereocenters. The summed E-state index contributed by atoms with van der Waals surface area (Å²) in [5.41, 5.74) is 10.4. The van der Waals surface area contributed by atoms with Gasteiger partial charge in [-0.25, -0.2) is 4.79 Å². The lowest BCUT2D eigenvalue weighted by Gasteiger charge is -2.26. The lowest BCUT2D eigenvalue weighted by Crippen LogP contribution is -2.21. The highest BCUT2D eigenvalue weighted by molar-refractivity contribution is 6.30. The fourth-order valence-electron chi connectivity index (χ4n) is 4.36. The molecule has 1 atom stereocenters. The fraction of sp³-hybridized carbons (Fsp3) is 0.143. The highest BCUT2D eigenvalue weighted by Crippen LogP contribution is 2.44. The largest absolute Gasteiger partial charge is 0.449 e.